The number of anilines is 3. The second-order valence-corrected chi connectivity index (χ2v) is 13.8. The van der Waals surface area contributed by atoms with Crippen LogP contribution in [0.5, 0.6) is 0 Å². The zero-order chi connectivity index (χ0) is 35.8. The molecule has 0 N–H and O–H groups in total. The van der Waals surface area contributed by atoms with Crippen molar-refractivity contribution in [3.8, 4) is 39.1 Å². The van der Waals surface area contributed by atoms with Gasteiger partial charge < -0.3 is 9.47 Å². The van der Waals surface area contributed by atoms with Crippen LogP contribution in [0.3, 0.4) is 0 Å². The highest BCUT2D eigenvalue weighted by molar-refractivity contribution is 6.09. The molecule has 2 nitrogen and oxygen atoms in total. The zero-order valence-corrected chi connectivity index (χ0v) is 29.7. The maximum absolute atomic E-state index is 2.41. The van der Waals surface area contributed by atoms with Crippen molar-refractivity contribution in [3.63, 3.8) is 0 Å². The largest absolute Gasteiger partial charge is 0.310 e. The molecule has 10 aromatic rings. The first kappa shape index (κ1) is 31.6. The van der Waals surface area contributed by atoms with E-state index in [0.717, 1.165) is 28.3 Å². The third-order valence-corrected chi connectivity index (χ3v) is 10.5. The van der Waals surface area contributed by atoms with Crippen LogP contribution in [0, 0.1) is 0 Å². The monoisotopic (exact) mass is 688 g/mol. The van der Waals surface area contributed by atoms with Crippen molar-refractivity contribution in [2.75, 3.05) is 4.90 Å². The maximum atomic E-state index is 2.41. The van der Waals surface area contributed by atoms with Gasteiger partial charge in [0.15, 0.2) is 0 Å². The summed E-state index contributed by atoms with van der Waals surface area (Å²) >= 11 is 0. The molecule has 9 aromatic carbocycles. The molecule has 0 radical (unpaired) electrons. The molecule has 10 rings (SSSR count). The Hall–Kier alpha value is -7.16. The standard InChI is InChI=1S/C52H36N2/c1-3-15-37(16-4-1)42-33-43(36-46(35-42)54-51-25-13-10-22-48(51)49-23-11-14-26-52(49)54)39-27-30-44(31-28-39)53(45-32-29-38-17-7-8-20-41(38)34-45)50-24-12-9-21-47(50)40-18-5-2-6-19-40/h1-36H. The van der Waals surface area contributed by atoms with Crippen molar-refractivity contribution in [1.82, 2.24) is 4.57 Å². The van der Waals surface area contributed by atoms with Gasteiger partial charge in [-0.25, -0.2) is 0 Å². The minimum Gasteiger partial charge on any atom is -0.310 e. The average Bonchev–Trinajstić information content (AvgIpc) is 3.59. The molecular weight excluding hydrogens is 653 g/mol. The Labute approximate surface area is 315 Å². The van der Waals surface area contributed by atoms with Crippen LogP contribution < -0.4 is 4.90 Å². The lowest BCUT2D eigenvalue weighted by atomic mass is 9.97. The van der Waals surface area contributed by atoms with Gasteiger partial charge in [-0.3, -0.25) is 0 Å². The lowest BCUT2D eigenvalue weighted by molar-refractivity contribution is 1.18. The number of hydrogen-bond acceptors (Lipinski definition) is 1. The molecular formula is C52H36N2. The van der Waals surface area contributed by atoms with Crippen LogP contribution in [0.15, 0.2) is 218 Å². The van der Waals surface area contributed by atoms with Crippen molar-refractivity contribution in [1.29, 1.82) is 0 Å². The second kappa shape index (κ2) is 13.4. The molecule has 1 heterocycles. The lowest BCUT2D eigenvalue weighted by Gasteiger charge is -2.28. The van der Waals surface area contributed by atoms with Crippen molar-refractivity contribution in [2.45, 2.75) is 0 Å². The summed E-state index contributed by atoms with van der Waals surface area (Å²) in [6.07, 6.45) is 0. The Kier molecular flexibility index (Phi) is 7.85. The third-order valence-electron chi connectivity index (χ3n) is 10.5. The van der Waals surface area contributed by atoms with Crippen molar-refractivity contribution in [3.05, 3.63) is 218 Å². The number of fused-ring (bicyclic) bond motifs is 4. The van der Waals surface area contributed by atoms with Crippen LogP contribution in [0.25, 0.3) is 71.6 Å². The summed E-state index contributed by atoms with van der Waals surface area (Å²) in [4.78, 5) is 2.39. The van der Waals surface area contributed by atoms with Gasteiger partial charge in [-0.15, -0.1) is 0 Å². The summed E-state index contributed by atoms with van der Waals surface area (Å²) in [5, 5.41) is 4.96. The van der Waals surface area contributed by atoms with Gasteiger partial charge in [-0.1, -0.05) is 158 Å². The highest BCUT2D eigenvalue weighted by Gasteiger charge is 2.19. The number of nitrogens with zero attached hydrogens (tertiary/aromatic N) is 2. The van der Waals surface area contributed by atoms with E-state index in [-0.39, 0.29) is 0 Å². The highest BCUT2D eigenvalue weighted by Crippen LogP contribution is 2.43. The van der Waals surface area contributed by atoms with Gasteiger partial charge in [-0.2, -0.15) is 0 Å². The summed E-state index contributed by atoms with van der Waals surface area (Å²) in [6, 6.07) is 78.9. The molecule has 0 spiro atoms. The van der Waals surface area contributed by atoms with Gasteiger partial charge in [0.05, 0.1) is 16.7 Å². The van der Waals surface area contributed by atoms with E-state index in [1.54, 1.807) is 0 Å². The van der Waals surface area contributed by atoms with Crippen LogP contribution >= 0.6 is 0 Å². The van der Waals surface area contributed by atoms with E-state index in [4.69, 9.17) is 0 Å². The minimum absolute atomic E-state index is 1.10. The molecule has 0 aliphatic heterocycles. The topological polar surface area (TPSA) is 8.17 Å². The van der Waals surface area contributed by atoms with Crippen LogP contribution in [0.1, 0.15) is 0 Å². The highest BCUT2D eigenvalue weighted by atomic mass is 15.1. The van der Waals surface area contributed by atoms with E-state index < -0.39 is 0 Å². The quantitative estimate of drug-likeness (QED) is 0.162. The molecule has 254 valence electrons. The molecule has 2 heteroatoms. The van der Waals surface area contributed by atoms with Crippen molar-refractivity contribution >= 4 is 49.6 Å². The first-order valence-corrected chi connectivity index (χ1v) is 18.5. The van der Waals surface area contributed by atoms with E-state index in [1.165, 1.54) is 60.4 Å². The van der Waals surface area contributed by atoms with E-state index in [1.807, 2.05) is 0 Å². The number of hydrogen-bond donors (Lipinski definition) is 0. The van der Waals surface area contributed by atoms with Gasteiger partial charge in [0.2, 0.25) is 0 Å². The maximum Gasteiger partial charge on any atom is 0.0541 e. The number of benzene rings is 9. The van der Waals surface area contributed by atoms with Crippen LogP contribution in [0.2, 0.25) is 0 Å². The van der Waals surface area contributed by atoms with Gasteiger partial charge in [0.1, 0.15) is 0 Å². The fourth-order valence-electron chi connectivity index (χ4n) is 7.98. The normalized spacial score (nSPS) is 11.3. The summed E-state index contributed by atoms with van der Waals surface area (Å²) in [5.41, 5.74) is 14.0. The van der Waals surface area contributed by atoms with Gasteiger partial charge >= 0.3 is 0 Å². The predicted molar refractivity (Wildman–Crippen MR) is 229 cm³/mol. The minimum atomic E-state index is 1.10. The molecule has 0 unspecified atom stereocenters. The van der Waals surface area contributed by atoms with E-state index >= 15 is 0 Å². The number of aromatic nitrogens is 1. The first-order valence-electron chi connectivity index (χ1n) is 18.5. The molecule has 0 atom stereocenters. The Morgan fingerprint density at radius 1 is 0.315 bits per heavy atom. The molecule has 54 heavy (non-hydrogen) atoms. The molecule has 0 aliphatic rings. The van der Waals surface area contributed by atoms with E-state index in [2.05, 4.69) is 228 Å². The smallest absolute Gasteiger partial charge is 0.0541 e. The van der Waals surface area contributed by atoms with Gasteiger partial charge in [0.25, 0.3) is 0 Å². The van der Waals surface area contributed by atoms with Gasteiger partial charge in [0, 0.05) is 33.4 Å². The predicted octanol–water partition coefficient (Wildman–Crippen LogP) is 14.4. The Morgan fingerprint density at radius 3 is 1.52 bits per heavy atom. The summed E-state index contributed by atoms with van der Waals surface area (Å²) in [5.74, 6) is 0. The lowest BCUT2D eigenvalue weighted by Crippen LogP contribution is -2.11. The fourth-order valence-corrected chi connectivity index (χ4v) is 7.98. The number of para-hydroxylation sites is 3. The summed E-state index contributed by atoms with van der Waals surface area (Å²) in [7, 11) is 0. The van der Waals surface area contributed by atoms with E-state index in [0.29, 0.717) is 0 Å². The fraction of sp³-hybridized carbons (Fsp3) is 0. The molecule has 0 saturated carbocycles. The number of rotatable bonds is 7. The third kappa shape index (κ3) is 5.62. The molecule has 0 bridgehead atoms. The van der Waals surface area contributed by atoms with Crippen LogP contribution in [-0.2, 0) is 0 Å². The Balaban J connectivity index is 1.14. The van der Waals surface area contributed by atoms with Gasteiger partial charge in [-0.05, 0) is 99.3 Å². The SMILES string of the molecule is c1ccc(-c2cc(-c3ccc(N(c4ccc5ccccc5c4)c4ccccc4-c4ccccc4)cc3)cc(-n3c4ccccc4c4ccccc43)c2)cc1. The zero-order valence-electron chi connectivity index (χ0n) is 29.7. The average molecular weight is 689 g/mol. The van der Waals surface area contributed by atoms with Crippen molar-refractivity contribution in [2.24, 2.45) is 0 Å². The molecule has 1 aromatic heterocycles. The Morgan fingerprint density at radius 2 is 0.833 bits per heavy atom. The van der Waals surface area contributed by atoms with Crippen LogP contribution in [0.4, 0.5) is 17.1 Å². The first-order chi connectivity index (χ1) is 26.8. The molecule has 0 fully saturated rings. The summed E-state index contributed by atoms with van der Waals surface area (Å²) in [6.45, 7) is 0. The van der Waals surface area contributed by atoms with E-state index in [9.17, 15) is 0 Å². The van der Waals surface area contributed by atoms with Crippen molar-refractivity contribution < 1.29 is 0 Å². The Bertz CT molecular complexity index is 2870. The summed E-state index contributed by atoms with van der Waals surface area (Å²) < 4.78 is 2.41. The van der Waals surface area contributed by atoms with Crippen LogP contribution in [-0.4, -0.2) is 4.57 Å². The second-order valence-electron chi connectivity index (χ2n) is 13.8. The molecule has 0 saturated heterocycles. The molecule has 0 aliphatic carbocycles. The molecule has 0 amide bonds.